The lowest BCUT2D eigenvalue weighted by atomic mass is 10.1. The van der Waals surface area contributed by atoms with E-state index in [2.05, 4.69) is 5.32 Å². The van der Waals surface area contributed by atoms with Crippen LogP contribution in [0.3, 0.4) is 0 Å². The molecule has 0 aromatic heterocycles. The number of fused-ring (bicyclic) bond motifs is 1. The fourth-order valence-electron chi connectivity index (χ4n) is 1.81. The van der Waals surface area contributed by atoms with Crippen LogP contribution in [0.4, 0.5) is 0 Å². The number of hydrogen-bond acceptors (Lipinski definition) is 4. The van der Waals surface area contributed by atoms with Crippen LogP contribution in [0, 0.1) is 0 Å². The fourth-order valence-corrected chi connectivity index (χ4v) is 1.81. The SMILES string of the molecule is COC1(O)COC2CCNC21. The van der Waals surface area contributed by atoms with Crippen molar-refractivity contribution < 1.29 is 14.6 Å². The van der Waals surface area contributed by atoms with E-state index >= 15 is 0 Å². The maximum absolute atomic E-state index is 9.76. The Bertz CT molecular complexity index is 164. The van der Waals surface area contributed by atoms with Crippen molar-refractivity contribution in [2.24, 2.45) is 0 Å². The summed E-state index contributed by atoms with van der Waals surface area (Å²) in [5.41, 5.74) is 0. The molecule has 2 aliphatic heterocycles. The van der Waals surface area contributed by atoms with Crippen molar-refractivity contribution in [2.45, 2.75) is 24.4 Å². The van der Waals surface area contributed by atoms with Gasteiger partial charge >= 0.3 is 0 Å². The van der Waals surface area contributed by atoms with Gasteiger partial charge in [-0.25, -0.2) is 0 Å². The monoisotopic (exact) mass is 159 g/mol. The highest BCUT2D eigenvalue weighted by Gasteiger charge is 2.51. The number of methoxy groups -OCH3 is 1. The van der Waals surface area contributed by atoms with E-state index in [0.29, 0.717) is 0 Å². The summed E-state index contributed by atoms with van der Waals surface area (Å²) in [4.78, 5) is 0. The predicted molar refractivity (Wildman–Crippen MR) is 38.1 cm³/mol. The van der Waals surface area contributed by atoms with Gasteiger partial charge in [-0.15, -0.1) is 0 Å². The first-order valence-electron chi connectivity index (χ1n) is 3.89. The van der Waals surface area contributed by atoms with Crippen LogP contribution in [-0.2, 0) is 9.47 Å². The zero-order valence-electron chi connectivity index (χ0n) is 6.54. The number of nitrogens with one attached hydrogen (secondary N) is 1. The third-order valence-corrected chi connectivity index (χ3v) is 2.51. The van der Waals surface area contributed by atoms with Gasteiger partial charge in [0.25, 0.3) is 0 Å². The van der Waals surface area contributed by atoms with Gasteiger partial charge in [0.1, 0.15) is 6.61 Å². The standard InChI is InChI=1S/C7H13NO3/c1-10-7(9)4-11-5-2-3-8-6(5)7/h5-6,8-9H,2-4H2,1H3. The molecule has 0 spiro atoms. The number of hydrogen-bond donors (Lipinski definition) is 2. The summed E-state index contributed by atoms with van der Waals surface area (Å²) in [6.07, 6.45) is 1.11. The Morgan fingerprint density at radius 2 is 2.55 bits per heavy atom. The van der Waals surface area contributed by atoms with E-state index in [-0.39, 0.29) is 18.8 Å². The molecule has 0 aliphatic carbocycles. The minimum absolute atomic E-state index is 0.0347. The highest BCUT2D eigenvalue weighted by atomic mass is 16.7. The van der Waals surface area contributed by atoms with Crippen LogP contribution in [0.15, 0.2) is 0 Å². The van der Waals surface area contributed by atoms with Crippen LogP contribution < -0.4 is 5.32 Å². The van der Waals surface area contributed by atoms with Crippen molar-refractivity contribution in [2.75, 3.05) is 20.3 Å². The number of rotatable bonds is 1. The molecule has 2 fully saturated rings. The van der Waals surface area contributed by atoms with Gasteiger partial charge in [0.05, 0.1) is 12.1 Å². The second-order valence-corrected chi connectivity index (χ2v) is 3.12. The van der Waals surface area contributed by atoms with Crippen LogP contribution in [0.1, 0.15) is 6.42 Å². The van der Waals surface area contributed by atoms with Crippen LogP contribution in [-0.4, -0.2) is 43.3 Å². The van der Waals surface area contributed by atoms with Gasteiger partial charge in [0.2, 0.25) is 5.79 Å². The molecule has 0 radical (unpaired) electrons. The minimum atomic E-state index is -1.10. The summed E-state index contributed by atoms with van der Waals surface area (Å²) in [5.74, 6) is -1.10. The zero-order chi connectivity index (χ0) is 7.90. The molecule has 0 bridgehead atoms. The van der Waals surface area contributed by atoms with E-state index in [1.807, 2.05) is 0 Å². The summed E-state index contributed by atoms with van der Waals surface area (Å²) in [7, 11) is 1.51. The van der Waals surface area contributed by atoms with Crippen molar-refractivity contribution in [3.05, 3.63) is 0 Å². The van der Waals surface area contributed by atoms with Gasteiger partial charge in [0, 0.05) is 7.11 Å². The van der Waals surface area contributed by atoms with Crippen LogP contribution >= 0.6 is 0 Å². The molecule has 2 saturated heterocycles. The summed E-state index contributed by atoms with van der Waals surface area (Å²) in [5, 5.41) is 12.9. The molecule has 2 heterocycles. The van der Waals surface area contributed by atoms with Gasteiger partial charge < -0.3 is 19.9 Å². The Labute approximate surface area is 65.5 Å². The maximum atomic E-state index is 9.76. The third kappa shape index (κ3) is 0.980. The topological polar surface area (TPSA) is 50.7 Å². The third-order valence-electron chi connectivity index (χ3n) is 2.51. The molecule has 3 unspecified atom stereocenters. The Kier molecular flexibility index (Phi) is 1.64. The number of ether oxygens (including phenoxy) is 2. The highest BCUT2D eigenvalue weighted by Crippen LogP contribution is 2.30. The summed E-state index contributed by atoms with van der Waals surface area (Å²) < 4.78 is 10.3. The van der Waals surface area contributed by atoms with Crippen molar-refractivity contribution in [3.63, 3.8) is 0 Å². The highest BCUT2D eigenvalue weighted by molar-refractivity contribution is 4.99. The zero-order valence-corrected chi connectivity index (χ0v) is 6.54. The van der Waals surface area contributed by atoms with Crippen molar-refractivity contribution in [1.82, 2.24) is 5.32 Å². The average molecular weight is 159 g/mol. The molecule has 64 valence electrons. The molecule has 3 atom stereocenters. The molecule has 0 saturated carbocycles. The van der Waals surface area contributed by atoms with Crippen molar-refractivity contribution in [1.29, 1.82) is 0 Å². The Morgan fingerprint density at radius 1 is 1.73 bits per heavy atom. The summed E-state index contributed by atoms with van der Waals surface area (Å²) >= 11 is 0. The van der Waals surface area contributed by atoms with E-state index in [4.69, 9.17) is 9.47 Å². The van der Waals surface area contributed by atoms with Gasteiger partial charge in [-0.1, -0.05) is 0 Å². The maximum Gasteiger partial charge on any atom is 0.207 e. The van der Waals surface area contributed by atoms with E-state index in [1.54, 1.807) is 0 Å². The lowest BCUT2D eigenvalue weighted by molar-refractivity contribution is -0.192. The summed E-state index contributed by atoms with van der Waals surface area (Å²) in [6, 6.07) is -0.0347. The smallest absolute Gasteiger partial charge is 0.207 e. The van der Waals surface area contributed by atoms with Crippen molar-refractivity contribution in [3.8, 4) is 0 Å². The second-order valence-electron chi connectivity index (χ2n) is 3.12. The molecule has 0 amide bonds. The summed E-state index contributed by atoms with van der Waals surface area (Å²) in [6.45, 7) is 1.19. The molecular formula is C7H13NO3. The molecule has 0 aromatic carbocycles. The largest absolute Gasteiger partial charge is 0.371 e. The van der Waals surface area contributed by atoms with Crippen molar-refractivity contribution >= 4 is 0 Å². The molecule has 2 N–H and O–H groups in total. The van der Waals surface area contributed by atoms with E-state index in [0.717, 1.165) is 13.0 Å². The second kappa shape index (κ2) is 2.42. The Morgan fingerprint density at radius 3 is 3.27 bits per heavy atom. The first-order chi connectivity index (χ1) is 5.26. The van der Waals surface area contributed by atoms with E-state index in [1.165, 1.54) is 7.11 Å². The van der Waals surface area contributed by atoms with Gasteiger partial charge in [-0.05, 0) is 13.0 Å². The lowest BCUT2D eigenvalue weighted by Gasteiger charge is -2.25. The quantitative estimate of drug-likeness (QED) is 0.486. The van der Waals surface area contributed by atoms with Crippen LogP contribution in [0.25, 0.3) is 0 Å². The van der Waals surface area contributed by atoms with Crippen LogP contribution in [0.5, 0.6) is 0 Å². The Hall–Kier alpha value is -0.160. The van der Waals surface area contributed by atoms with E-state index in [9.17, 15) is 5.11 Å². The first-order valence-corrected chi connectivity index (χ1v) is 3.89. The molecule has 4 nitrogen and oxygen atoms in total. The lowest BCUT2D eigenvalue weighted by Crippen LogP contribution is -2.50. The van der Waals surface area contributed by atoms with Gasteiger partial charge in [-0.2, -0.15) is 0 Å². The molecule has 11 heavy (non-hydrogen) atoms. The Balaban J connectivity index is 2.14. The van der Waals surface area contributed by atoms with E-state index < -0.39 is 5.79 Å². The van der Waals surface area contributed by atoms with Gasteiger partial charge in [0.15, 0.2) is 0 Å². The van der Waals surface area contributed by atoms with Crippen LogP contribution in [0.2, 0.25) is 0 Å². The molecule has 4 heteroatoms. The molecule has 0 aromatic rings. The number of aliphatic hydroxyl groups is 1. The average Bonchev–Trinajstić information content (AvgIpc) is 2.55. The molecule has 2 aliphatic rings. The normalized spacial score (nSPS) is 49.6. The minimum Gasteiger partial charge on any atom is -0.371 e. The fraction of sp³-hybridized carbons (Fsp3) is 1.00. The molecular weight excluding hydrogens is 146 g/mol. The predicted octanol–water partition coefficient (Wildman–Crippen LogP) is -0.918. The molecule has 2 rings (SSSR count). The van der Waals surface area contributed by atoms with Gasteiger partial charge in [-0.3, -0.25) is 0 Å². The first kappa shape index (κ1) is 7.49.